The lowest BCUT2D eigenvalue weighted by Crippen LogP contribution is -2.09. The van der Waals surface area contributed by atoms with Crippen LogP contribution in [0.25, 0.3) is 0 Å². The zero-order valence-electron chi connectivity index (χ0n) is 12.0. The summed E-state index contributed by atoms with van der Waals surface area (Å²) in [7, 11) is 0. The van der Waals surface area contributed by atoms with Gasteiger partial charge in [-0.2, -0.15) is 5.26 Å². The van der Waals surface area contributed by atoms with Gasteiger partial charge < -0.3 is 0 Å². The van der Waals surface area contributed by atoms with E-state index in [0.717, 1.165) is 18.4 Å². The summed E-state index contributed by atoms with van der Waals surface area (Å²) in [6, 6.07) is 8.13. The SMILES string of the molecule is C=C(C(CC)CC)C(C)c1ccc(C#N)cc1C. The van der Waals surface area contributed by atoms with E-state index in [1.807, 2.05) is 12.1 Å². The summed E-state index contributed by atoms with van der Waals surface area (Å²) in [4.78, 5) is 0. The van der Waals surface area contributed by atoms with Gasteiger partial charge in [-0.1, -0.05) is 39.0 Å². The lowest BCUT2D eigenvalue weighted by atomic mass is 9.81. The van der Waals surface area contributed by atoms with Crippen LogP contribution in [0.3, 0.4) is 0 Å². The number of hydrogen-bond acceptors (Lipinski definition) is 1. The molecule has 0 saturated heterocycles. The molecular formula is C17H23N. The van der Waals surface area contributed by atoms with E-state index in [2.05, 4.69) is 46.4 Å². The molecule has 96 valence electrons. The standard InChI is InChI=1S/C17H23N/c1-6-16(7-2)13(4)14(5)17-9-8-15(11-18)10-12(17)3/h8-10,14,16H,4,6-7H2,1-3,5H3. The second kappa shape index (κ2) is 6.40. The fourth-order valence-corrected chi connectivity index (χ4v) is 2.60. The van der Waals surface area contributed by atoms with Gasteiger partial charge in [-0.15, -0.1) is 0 Å². The van der Waals surface area contributed by atoms with Gasteiger partial charge in [-0.05, 0) is 48.9 Å². The Morgan fingerprint density at radius 2 is 1.94 bits per heavy atom. The van der Waals surface area contributed by atoms with E-state index < -0.39 is 0 Å². The van der Waals surface area contributed by atoms with Crippen LogP contribution < -0.4 is 0 Å². The average Bonchev–Trinajstić information content (AvgIpc) is 2.39. The van der Waals surface area contributed by atoms with Crippen LogP contribution in [0.2, 0.25) is 0 Å². The molecule has 0 aliphatic heterocycles. The summed E-state index contributed by atoms with van der Waals surface area (Å²) in [5, 5.41) is 8.90. The topological polar surface area (TPSA) is 23.8 Å². The van der Waals surface area contributed by atoms with Crippen LogP contribution in [-0.2, 0) is 0 Å². The first-order chi connectivity index (χ1) is 8.54. The minimum Gasteiger partial charge on any atom is -0.192 e. The van der Waals surface area contributed by atoms with E-state index in [0.29, 0.717) is 11.8 Å². The van der Waals surface area contributed by atoms with Gasteiger partial charge >= 0.3 is 0 Å². The molecule has 1 unspecified atom stereocenters. The van der Waals surface area contributed by atoms with Gasteiger partial charge in [-0.25, -0.2) is 0 Å². The van der Waals surface area contributed by atoms with Gasteiger partial charge in [-0.3, -0.25) is 0 Å². The molecule has 0 bridgehead atoms. The van der Waals surface area contributed by atoms with E-state index in [4.69, 9.17) is 5.26 Å². The van der Waals surface area contributed by atoms with Crippen LogP contribution in [0.5, 0.6) is 0 Å². The minimum atomic E-state index is 0.364. The highest BCUT2D eigenvalue weighted by Crippen LogP contribution is 2.33. The monoisotopic (exact) mass is 241 g/mol. The summed E-state index contributed by atoms with van der Waals surface area (Å²) < 4.78 is 0. The van der Waals surface area contributed by atoms with Gasteiger partial charge in [0, 0.05) is 5.92 Å². The van der Waals surface area contributed by atoms with Crippen molar-refractivity contribution < 1.29 is 0 Å². The van der Waals surface area contributed by atoms with Gasteiger partial charge in [0.25, 0.3) is 0 Å². The third kappa shape index (κ3) is 3.01. The number of rotatable bonds is 5. The van der Waals surface area contributed by atoms with Crippen LogP contribution in [0, 0.1) is 24.2 Å². The van der Waals surface area contributed by atoms with Gasteiger partial charge in [0.05, 0.1) is 11.6 Å². The summed E-state index contributed by atoms with van der Waals surface area (Å²) in [6.45, 7) is 13.0. The number of nitrogens with zero attached hydrogens (tertiary/aromatic N) is 1. The van der Waals surface area contributed by atoms with E-state index in [1.165, 1.54) is 16.7 Å². The zero-order valence-corrected chi connectivity index (χ0v) is 12.0. The summed E-state index contributed by atoms with van der Waals surface area (Å²) in [6.07, 6.45) is 2.30. The van der Waals surface area contributed by atoms with Crippen molar-refractivity contribution >= 4 is 0 Å². The van der Waals surface area contributed by atoms with Crippen molar-refractivity contribution in [1.29, 1.82) is 5.26 Å². The Bertz CT molecular complexity index is 461. The highest BCUT2D eigenvalue weighted by Gasteiger charge is 2.17. The largest absolute Gasteiger partial charge is 0.192 e. The number of allylic oxidation sites excluding steroid dienone is 1. The lowest BCUT2D eigenvalue weighted by molar-refractivity contribution is 0.539. The van der Waals surface area contributed by atoms with E-state index in [1.54, 1.807) is 0 Å². The maximum Gasteiger partial charge on any atom is 0.0991 e. The molecule has 0 aliphatic rings. The maximum atomic E-state index is 8.90. The molecule has 0 amide bonds. The summed E-state index contributed by atoms with van der Waals surface area (Å²) in [5.41, 5.74) is 4.53. The molecule has 0 saturated carbocycles. The predicted molar refractivity (Wildman–Crippen MR) is 77.5 cm³/mol. The molecule has 1 aromatic rings. The second-order valence-electron chi connectivity index (χ2n) is 4.99. The van der Waals surface area contributed by atoms with Crippen LogP contribution in [0.1, 0.15) is 56.2 Å². The normalized spacial score (nSPS) is 12.2. The zero-order chi connectivity index (χ0) is 13.7. The summed E-state index contributed by atoms with van der Waals surface area (Å²) >= 11 is 0. The summed E-state index contributed by atoms with van der Waals surface area (Å²) in [5.74, 6) is 0.956. The van der Waals surface area contributed by atoms with Gasteiger partial charge in [0.2, 0.25) is 0 Å². The van der Waals surface area contributed by atoms with Crippen molar-refractivity contribution in [1.82, 2.24) is 0 Å². The Labute approximate surface area is 111 Å². The van der Waals surface area contributed by atoms with E-state index in [-0.39, 0.29) is 0 Å². The molecule has 1 nitrogen and oxygen atoms in total. The Morgan fingerprint density at radius 1 is 1.33 bits per heavy atom. The third-order valence-electron chi connectivity index (χ3n) is 3.93. The highest BCUT2D eigenvalue weighted by molar-refractivity contribution is 5.41. The van der Waals surface area contributed by atoms with Crippen molar-refractivity contribution in [2.24, 2.45) is 5.92 Å². The highest BCUT2D eigenvalue weighted by atomic mass is 14.3. The molecule has 0 fully saturated rings. The van der Waals surface area contributed by atoms with E-state index in [9.17, 15) is 0 Å². The molecule has 1 aromatic carbocycles. The maximum absolute atomic E-state index is 8.90. The van der Waals surface area contributed by atoms with Gasteiger partial charge in [0.1, 0.15) is 0 Å². The number of hydrogen-bond donors (Lipinski definition) is 0. The smallest absolute Gasteiger partial charge is 0.0991 e. The third-order valence-corrected chi connectivity index (χ3v) is 3.93. The van der Waals surface area contributed by atoms with Crippen LogP contribution in [0.4, 0.5) is 0 Å². The first kappa shape index (κ1) is 14.5. The van der Waals surface area contributed by atoms with Crippen LogP contribution in [0.15, 0.2) is 30.4 Å². The molecule has 0 aromatic heterocycles. The molecule has 0 radical (unpaired) electrons. The average molecular weight is 241 g/mol. The molecule has 0 aliphatic carbocycles. The molecule has 1 atom stereocenters. The van der Waals surface area contributed by atoms with Crippen molar-refractivity contribution in [3.05, 3.63) is 47.0 Å². The quantitative estimate of drug-likeness (QED) is 0.668. The Morgan fingerprint density at radius 3 is 2.39 bits per heavy atom. The van der Waals surface area contributed by atoms with Gasteiger partial charge in [0.15, 0.2) is 0 Å². The Kier molecular flexibility index (Phi) is 5.16. The van der Waals surface area contributed by atoms with Crippen molar-refractivity contribution in [2.75, 3.05) is 0 Å². The van der Waals surface area contributed by atoms with Crippen molar-refractivity contribution in [3.63, 3.8) is 0 Å². The first-order valence-corrected chi connectivity index (χ1v) is 6.74. The lowest BCUT2D eigenvalue weighted by Gasteiger charge is -2.24. The Hall–Kier alpha value is -1.55. The second-order valence-corrected chi connectivity index (χ2v) is 4.99. The predicted octanol–water partition coefficient (Wildman–Crippen LogP) is 4.96. The number of aryl methyl sites for hydroxylation is 1. The molecule has 0 N–H and O–H groups in total. The molecule has 1 rings (SSSR count). The number of benzene rings is 1. The van der Waals surface area contributed by atoms with Crippen LogP contribution >= 0.6 is 0 Å². The Balaban J connectivity index is 3.01. The van der Waals surface area contributed by atoms with Crippen molar-refractivity contribution in [3.8, 4) is 6.07 Å². The number of nitriles is 1. The first-order valence-electron chi connectivity index (χ1n) is 6.74. The fourth-order valence-electron chi connectivity index (χ4n) is 2.60. The fraction of sp³-hybridized carbons (Fsp3) is 0.471. The molecule has 0 spiro atoms. The van der Waals surface area contributed by atoms with E-state index >= 15 is 0 Å². The van der Waals surface area contributed by atoms with Crippen molar-refractivity contribution in [2.45, 2.75) is 46.5 Å². The minimum absolute atomic E-state index is 0.364. The molecular weight excluding hydrogens is 218 g/mol. The molecule has 0 heterocycles. The van der Waals surface area contributed by atoms with Crippen LogP contribution in [-0.4, -0.2) is 0 Å². The molecule has 18 heavy (non-hydrogen) atoms. The molecule has 1 heteroatoms.